The second kappa shape index (κ2) is 11.2. The van der Waals surface area contributed by atoms with Gasteiger partial charge in [0.15, 0.2) is 11.6 Å². The number of aryl methyl sites for hydroxylation is 1. The number of hydrogen-bond donors (Lipinski definition) is 2. The van der Waals surface area contributed by atoms with Crippen molar-refractivity contribution in [1.29, 1.82) is 0 Å². The molecule has 3 aromatic carbocycles. The highest BCUT2D eigenvalue weighted by molar-refractivity contribution is 5.58. The predicted molar refractivity (Wildman–Crippen MR) is 141 cm³/mol. The van der Waals surface area contributed by atoms with E-state index in [1.807, 2.05) is 30.3 Å². The van der Waals surface area contributed by atoms with Crippen molar-refractivity contribution in [2.75, 3.05) is 38.7 Å². The number of likely N-dealkylation sites (tertiary alicyclic amines) is 1. The number of fused-ring (bicyclic) bond motifs is 1. The normalized spacial score (nSPS) is 17.6. The Labute approximate surface area is 212 Å². The summed E-state index contributed by atoms with van der Waals surface area (Å²) in [4.78, 5) is 2.36. The van der Waals surface area contributed by atoms with Gasteiger partial charge in [-0.25, -0.2) is 4.39 Å². The number of aromatic hydroxyl groups is 1. The molecule has 0 radical (unpaired) electrons. The number of anilines is 1. The maximum atomic E-state index is 14.7. The zero-order valence-corrected chi connectivity index (χ0v) is 20.9. The van der Waals surface area contributed by atoms with Crippen LogP contribution in [0.5, 0.6) is 17.2 Å². The van der Waals surface area contributed by atoms with Gasteiger partial charge in [0.2, 0.25) is 0 Å². The zero-order valence-electron chi connectivity index (χ0n) is 20.9. The number of rotatable bonds is 9. The third kappa shape index (κ3) is 5.76. The largest absolute Gasteiger partial charge is 0.508 e. The molecule has 0 spiro atoms. The summed E-state index contributed by atoms with van der Waals surface area (Å²) >= 11 is 0. The molecule has 1 atom stereocenters. The van der Waals surface area contributed by atoms with E-state index < -0.39 is 0 Å². The van der Waals surface area contributed by atoms with Gasteiger partial charge in [-0.3, -0.25) is 4.90 Å². The Bertz CT molecular complexity index is 1190. The molecular weight excluding hydrogens is 455 g/mol. The van der Waals surface area contributed by atoms with Crippen LogP contribution in [0.15, 0.2) is 54.6 Å². The standard InChI is InChI=1S/C30H35FN2O3/c1-35-26-9-10-27(24-6-5-23-18-25(34)8-7-22(23)17-24)29(19-26)32-20-21-4-11-30(28(31)16-21)36-15-14-33-12-2-3-13-33/h4,7-11,16,18-19,24,32,34H,2-3,5-6,12-15,17,20H2,1H3. The van der Waals surface area contributed by atoms with Crippen LogP contribution >= 0.6 is 0 Å². The van der Waals surface area contributed by atoms with Gasteiger partial charge < -0.3 is 19.9 Å². The topological polar surface area (TPSA) is 54.0 Å². The van der Waals surface area contributed by atoms with Crippen LogP contribution < -0.4 is 14.8 Å². The van der Waals surface area contributed by atoms with E-state index in [2.05, 4.69) is 16.3 Å². The Kier molecular flexibility index (Phi) is 7.61. The average molecular weight is 491 g/mol. The van der Waals surface area contributed by atoms with Crippen LogP contribution in [0.2, 0.25) is 0 Å². The highest BCUT2D eigenvalue weighted by Crippen LogP contribution is 2.38. The number of phenols is 1. The Morgan fingerprint density at radius 2 is 1.89 bits per heavy atom. The van der Waals surface area contributed by atoms with Gasteiger partial charge in [-0.05, 0) is 104 Å². The minimum Gasteiger partial charge on any atom is -0.508 e. The first-order chi connectivity index (χ1) is 17.6. The van der Waals surface area contributed by atoms with Crippen LogP contribution in [-0.4, -0.2) is 43.4 Å². The Hall–Kier alpha value is -3.25. The molecular formula is C30H35FN2O3. The van der Waals surface area contributed by atoms with Crippen molar-refractivity contribution in [1.82, 2.24) is 4.90 Å². The predicted octanol–water partition coefficient (Wildman–Crippen LogP) is 5.90. The first kappa shape index (κ1) is 24.4. The molecule has 1 fully saturated rings. The summed E-state index contributed by atoms with van der Waals surface area (Å²) in [6.45, 7) is 4.07. The van der Waals surface area contributed by atoms with E-state index in [1.54, 1.807) is 25.3 Å². The second-order valence-electron chi connectivity index (χ2n) is 9.86. The first-order valence-electron chi connectivity index (χ1n) is 12.9. The molecule has 3 aromatic rings. The molecule has 5 nitrogen and oxygen atoms in total. The van der Waals surface area contributed by atoms with Gasteiger partial charge in [-0.15, -0.1) is 0 Å². The minimum absolute atomic E-state index is 0.312. The van der Waals surface area contributed by atoms with E-state index in [0.29, 0.717) is 30.6 Å². The fourth-order valence-corrected chi connectivity index (χ4v) is 5.44. The van der Waals surface area contributed by atoms with Crippen LogP contribution in [0.25, 0.3) is 0 Å². The lowest BCUT2D eigenvalue weighted by Gasteiger charge is -2.27. The molecule has 6 heteroatoms. The smallest absolute Gasteiger partial charge is 0.165 e. The van der Waals surface area contributed by atoms with Gasteiger partial charge >= 0.3 is 0 Å². The summed E-state index contributed by atoms with van der Waals surface area (Å²) in [6.07, 6.45) is 5.35. The van der Waals surface area contributed by atoms with Crippen molar-refractivity contribution < 1.29 is 19.0 Å². The number of ether oxygens (including phenoxy) is 2. The van der Waals surface area contributed by atoms with Gasteiger partial charge in [-0.1, -0.05) is 18.2 Å². The second-order valence-corrected chi connectivity index (χ2v) is 9.86. The van der Waals surface area contributed by atoms with Crippen LogP contribution in [0.1, 0.15) is 47.4 Å². The lowest BCUT2D eigenvalue weighted by atomic mass is 9.79. The molecule has 2 N–H and O–H groups in total. The number of nitrogens with zero attached hydrogens (tertiary/aromatic N) is 1. The lowest BCUT2D eigenvalue weighted by Crippen LogP contribution is -2.25. The number of benzene rings is 3. The fourth-order valence-electron chi connectivity index (χ4n) is 5.44. The molecule has 2 aliphatic rings. The van der Waals surface area contributed by atoms with Crippen LogP contribution in [0.4, 0.5) is 10.1 Å². The molecule has 1 aliphatic heterocycles. The van der Waals surface area contributed by atoms with E-state index in [0.717, 1.165) is 55.9 Å². The number of nitrogens with one attached hydrogen (secondary N) is 1. The van der Waals surface area contributed by atoms with Gasteiger partial charge in [-0.2, -0.15) is 0 Å². The summed E-state index contributed by atoms with van der Waals surface area (Å²) in [5, 5.41) is 13.3. The molecule has 0 aromatic heterocycles. The van der Waals surface area contributed by atoms with Crippen molar-refractivity contribution in [3.8, 4) is 17.2 Å². The summed E-state index contributed by atoms with van der Waals surface area (Å²) in [7, 11) is 1.67. The van der Waals surface area contributed by atoms with Gasteiger partial charge in [0.25, 0.3) is 0 Å². The van der Waals surface area contributed by atoms with Crippen LogP contribution in [-0.2, 0) is 19.4 Å². The van der Waals surface area contributed by atoms with Crippen molar-refractivity contribution in [3.05, 3.63) is 82.7 Å². The highest BCUT2D eigenvalue weighted by atomic mass is 19.1. The van der Waals surface area contributed by atoms with Gasteiger partial charge in [0.05, 0.1) is 7.11 Å². The van der Waals surface area contributed by atoms with Gasteiger partial charge in [0, 0.05) is 24.8 Å². The van der Waals surface area contributed by atoms with E-state index in [-0.39, 0.29) is 5.82 Å². The molecule has 36 heavy (non-hydrogen) atoms. The molecule has 0 amide bonds. The zero-order chi connectivity index (χ0) is 24.9. The van der Waals surface area contributed by atoms with Crippen molar-refractivity contribution >= 4 is 5.69 Å². The van der Waals surface area contributed by atoms with Crippen LogP contribution in [0.3, 0.4) is 0 Å². The van der Waals surface area contributed by atoms with Crippen molar-refractivity contribution in [2.45, 2.75) is 44.6 Å². The molecule has 1 aliphatic carbocycles. The fraction of sp³-hybridized carbons (Fsp3) is 0.400. The first-order valence-corrected chi connectivity index (χ1v) is 12.9. The maximum absolute atomic E-state index is 14.7. The number of hydrogen-bond acceptors (Lipinski definition) is 5. The average Bonchev–Trinajstić information content (AvgIpc) is 3.42. The molecule has 1 unspecified atom stereocenters. The summed E-state index contributed by atoms with van der Waals surface area (Å²) in [5.74, 6) is 1.46. The summed E-state index contributed by atoms with van der Waals surface area (Å²) in [6, 6.07) is 17.0. The number of halogens is 1. The Balaban J connectivity index is 1.25. The quantitative estimate of drug-likeness (QED) is 0.391. The SMILES string of the molecule is COc1ccc(C2CCc3cc(O)ccc3C2)c(NCc2ccc(OCCN3CCCC3)c(F)c2)c1. The van der Waals surface area contributed by atoms with E-state index in [4.69, 9.17) is 9.47 Å². The summed E-state index contributed by atoms with van der Waals surface area (Å²) < 4.78 is 25.9. The third-order valence-corrected chi connectivity index (χ3v) is 7.46. The van der Waals surface area contributed by atoms with Gasteiger partial charge in [0.1, 0.15) is 18.1 Å². The Morgan fingerprint density at radius 3 is 2.69 bits per heavy atom. The number of phenolic OH excluding ortho intramolecular Hbond substituents is 1. The van der Waals surface area contributed by atoms with E-state index in [1.165, 1.54) is 29.5 Å². The van der Waals surface area contributed by atoms with Crippen molar-refractivity contribution in [3.63, 3.8) is 0 Å². The summed E-state index contributed by atoms with van der Waals surface area (Å²) in [5.41, 5.74) is 5.61. The third-order valence-electron chi connectivity index (χ3n) is 7.46. The lowest BCUT2D eigenvalue weighted by molar-refractivity contribution is 0.231. The number of methoxy groups -OCH3 is 1. The molecule has 5 rings (SSSR count). The monoisotopic (exact) mass is 490 g/mol. The van der Waals surface area contributed by atoms with E-state index in [9.17, 15) is 9.50 Å². The molecule has 0 saturated carbocycles. The Morgan fingerprint density at radius 1 is 1.03 bits per heavy atom. The maximum Gasteiger partial charge on any atom is 0.165 e. The molecule has 1 saturated heterocycles. The molecule has 0 bridgehead atoms. The molecule has 190 valence electrons. The van der Waals surface area contributed by atoms with Crippen molar-refractivity contribution in [2.24, 2.45) is 0 Å². The highest BCUT2D eigenvalue weighted by Gasteiger charge is 2.23. The van der Waals surface area contributed by atoms with E-state index >= 15 is 0 Å². The molecule has 1 heterocycles. The minimum atomic E-state index is -0.325. The van der Waals surface area contributed by atoms with Crippen LogP contribution in [0, 0.1) is 5.82 Å².